The van der Waals surface area contributed by atoms with E-state index in [-0.39, 0.29) is 5.92 Å². The molecule has 2 aromatic rings. The highest BCUT2D eigenvalue weighted by atomic mass is 35.5. The molecule has 5 heteroatoms. The number of hydrogen-bond donors (Lipinski definition) is 1. The highest BCUT2D eigenvalue weighted by Gasteiger charge is 2.42. The van der Waals surface area contributed by atoms with Crippen LogP contribution in [0.2, 0.25) is 5.02 Å². The summed E-state index contributed by atoms with van der Waals surface area (Å²) in [6.07, 6.45) is 2.30. The number of methoxy groups -OCH3 is 1. The van der Waals surface area contributed by atoms with Gasteiger partial charge in [0.2, 0.25) is 0 Å². The third kappa shape index (κ3) is 4.71. The number of nitrogens with zero attached hydrogens (tertiary/aromatic N) is 1. The van der Waals surface area contributed by atoms with Crippen LogP contribution in [0.1, 0.15) is 50.2 Å². The second-order valence-corrected chi connectivity index (χ2v) is 8.04. The normalized spacial score (nSPS) is 21.4. The van der Waals surface area contributed by atoms with Gasteiger partial charge in [0.25, 0.3) is 0 Å². The number of benzene rings is 2. The molecule has 29 heavy (non-hydrogen) atoms. The van der Waals surface area contributed by atoms with E-state index in [2.05, 4.69) is 18.7 Å². The van der Waals surface area contributed by atoms with Crippen LogP contribution in [-0.2, 0) is 5.60 Å². The number of rotatable bonds is 8. The van der Waals surface area contributed by atoms with Gasteiger partial charge in [-0.05, 0) is 62.7 Å². The smallest absolute Gasteiger partial charge is 0.137 e. The molecule has 0 spiro atoms. The van der Waals surface area contributed by atoms with Crippen molar-refractivity contribution in [2.45, 2.75) is 44.6 Å². The topological polar surface area (TPSA) is 41.9 Å². The summed E-state index contributed by atoms with van der Waals surface area (Å²) in [5.74, 6) is 1.31. The minimum Gasteiger partial charge on any atom is -0.495 e. The van der Waals surface area contributed by atoms with Crippen LogP contribution < -0.4 is 9.47 Å². The summed E-state index contributed by atoms with van der Waals surface area (Å²) in [5.41, 5.74) is 0.881. The molecular weight excluding hydrogens is 386 g/mol. The van der Waals surface area contributed by atoms with Gasteiger partial charge in [-0.2, -0.15) is 0 Å². The van der Waals surface area contributed by atoms with Gasteiger partial charge in [-0.15, -0.1) is 0 Å². The van der Waals surface area contributed by atoms with E-state index in [1.807, 2.05) is 42.5 Å². The van der Waals surface area contributed by atoms with Crippen molar-refractivity contribution in [3.63, 3.8) is 0 Å². The lowest BCUT2D eigenvalue weighted by atomic mass is 9.73. The second kappa shape index (κ2) is 9.84. The van der Waals surface area contributed by atoms with Crippen LogP contribution in [0.4, 0.5) is 0 Å². The van der Waals surface area contributed by atoms with Gasteiger partial charge < -0.3 is 19.5 Å². The molecule has 2 atom stereocenters. The fraction of sp³-hybridized carbons (Fsp3) is 0.500. The monoisotopic (exact) mass is 417 g/mol. The standard InChI is InChI=1S/C24H32ClNO3/c1-4-26(5-2)15-8-14-24(27)19(18-11-12-21(25)23(17-18)28-3)13-16-29-22-10-7-6-9-20(22)24/h6-7,9-12,17,19,27H,4-5,8,13-16H2,1-3H3/t19-,24-/m1/s1. The van der Waals surface area contributed by atoms with Gasteiger partial charge in [-0.1, -0.05) is 49.7 Å². The van der Waals surface area contributed by atoms with Gasteiger partial charge >= 0.3 is 0 Å². The summed E-state index contributed by atoms with van der Waals surface area (Å²) in [4.78, 5) is 2.39. The first-order valence-electron chi connectivity index (χ1n) is 10.5. The third-order valence-corrected chi connectivity index (χ3v) is 6.41. The molecule has 0 unspecified atom stereocenters. The summed E-state index contributed by atoms with van der Waals surface area (Å²) in [6, 6.07) is 13.7. The molecular formula is C24H32ClNO3. The van der Waals surface area contributed by atoms with Crippen molar-refractivity contribution in [1.29, 1.82) is 0 Å². The van der Waals surface area contributed by atoms with Crippen molar-refractivity contribution >= 4 is 11.6 Å². The van der Waals surface area contributed by atoms with Gasteiger partial charge in [0.05, 0.1) is 18.7 Å². The molecule has 0 bridgehead atoms. The maximum atomic E-state index is 12.1. The van der Waals surface area contributed by atoms with E-state index < -0.39 is 5.60 Å². The van der Waals surface area contributed by atoms with Crippen LogP contribution in [0, 0.1) is 0 Å². The van der Waals surface area contributed by atoms with Gasteiger partial charge in [-0.3, -0.25) is 0 Å². The van der Waals surface area contributed by atoms with Gasteiger partial charge in [0, 0.05) is 11.5 Å². The lowest BCUT2D eigenvalue weighted by Crippen LogP contribution is -2.35. The summed E-state index contributed by atoms with van der Waals surface area (Å²) >= 11 is 6.25. The lowest BCUT2D eigenvalue weighted by molar-refractivity contribution is -0.00563. The Morgan fingerprint density at radius 2 is 1.97 bits per heavy atom. The van der Waals surface area contributed by atoms with Crippen molar-refractivity contribution in [2.75, 3.05) is 33.4 Å². The molecule has 3 rings (SSSR count). The maximum absolute atomic E-state index is 12.1. The van der Waals surface area contributed by atoms with Crippen molar-refractivity contribution < 1.29 is 14.6 Å². The molecule has 1 aliphatic heterocycles. The number of aliphatic hydroxyl groups is 1. The first-order chi connectivity index (χ1) is 14.0. The Hall–Kier alpha value is -1.75. The molecule has 0 radical (unpaired) electrons. The van der Waals surface area contributed by atoms with Crippen molar-refractivity contribution in [3.05, 3.63) is 58.6 Å². The van der Waals surface area contributed by atoms with E-state index in [1.165, 1.54) is 0 Å². The first-order valence-corrected chi connectivity index (χ1v) is 10.9. The van der Waals surface area contributed by atoms with Crippen LogP contribution in [0.25, 0.3) is 0 Å². The second-order valence-electron chi connectivity index (χ2n) is 7.63. The maximum Gasteiger partial charge on any atom is 0.137 e. The van der Waals surface area contributed by atoms with Crippen molar-refractivity contribution in [3.8, 4) is 11.5 Å². The average Bonchev–Trinajstić information content (AvgIpc) is 2.89. The molecule has 158 valence electrons. The summed E-state index contributed by atoms with van der Waals surface area (Å²) in [7, 11) is 1.62. The molecule has 0 aromatic heterocycles. The van der Waals surface area contributed by atoms with Crippen LogP contribution in [0.5, 0.6) is 11.5 Å². The molecule has 4 nitrogen and oxygen atoms in total. The number of ether oxygens (including phenoxy) is 2. The van der Waals surface area contributed by atoms with Crippen LogP contribution >= 0.6 is 11.6 Å². The highest BCUT2D eigenvalue weighted by molar-refractivity contribution is 6.32. The fourth-order valence-corrected chi connectivity index (χ4v) is 4.61. The Morgan fingerprint density at radius 1 is 1.21 bits per heavy atom. The van der Waals surface area contributed by atoms with Crippen molar-refractivity contribution in [1.82, 2.24) is 4.90 Å². The highest BCUT2D eigenvalue weighted by Crippen LogP contribution is 2.48. The molecule has 0 saturated carbocycles. The third-order valence-electron chi connectivity index (χ3n) is 6.10. The first kappa shape index (κ1) is 21.9. The minimum atomic E-state index is -1.01. The van der Waals surface area contributed by atoms with E-state index in [4.69, 9.17) is 21.1 Å². The van der Waals surface area contributed by atoms with Crippen LogP contribution in [-0.4, -0.2) is 43.4 Å². The number of halogens is 1. The van der Waals surface area contributed by atoms with Crippen LogP contribution in [0.15, 0.2) is 42.5 Å². The van der Waals surface area contributed by atoms with Crippen LogP contribution in [0.3, 0.4) is 0 Å². The molecule has 1 heterocycles. The molecule has 0 saturated heterocycles. The van der Waals surface area contributed by atoms with E-state index in [9.17, 15) is 5.11 Å². The predicted molar refractivity (Wildman–Crippen MR) is 118 cm³/mol. The van der Waals surface area contributed by atoms with Crippen molar-refractivity contribution in [2.24, 2.45) is 0 Å². The predicted octanol–water partition coefficient (Wildman–Crippen LogP) is 5.22. The Labute approximate surface area is 179 Å². The van der Waals surface area contributed by atoms with E-state index in [0.717, 1.165) is 49.4 Å². The Balaban J connectivity index is 1.98. The molecule has 0 fully saturated rings. The fourth-order valence-electron chi connectivity index (χ4n) is 4.42. The van der Waals surface area contributed by atoms with Gasteiger partial charge in [0.15, 0.2) is 0 Å². The van der Waals surface area contributed by atoms with Gasteiger partial charge in [-0.25, -0.2) is 0 Å². The average molecular weight is 418 g/mol. The van der Waals surface area contributed by atoms with E-state index >= 15 is 0 Å². The van der Waals surface area contributed by atoms with E-state index in [0.29, 0.717) is 23.8 Å². The summed E-state index contributed by atoms with van der Waals surface area (Å²) in [6.45, 7) is 7.92. The molecule has 1 N–H and O–H groups in total. The zero-order valence-electron chi connectivity index (χ0n) is 17.7. The molecule has 2 aromatic carbocycles. The minimum absolute atomic E-state index is 0.103. The molecule has 0 amide bonds. The summed E-state index contributed by atoms with van der Waals surface area (Å²) < 4.78 is 11.5. The zero-order valence-corrected chi connectivity index (χ0v) is 18.4. The Morgan fingerprint density at radius 3 is 2.69 bits per heavy atom. The largest absolute Gasteiger partial charge is 0.495 e. The zero-order chi connectivity index (χ0) is 20.9. The quantitative estimate of drug-likeness (QED) is 0.639. The number of para-hydroxylation sites is 1. The number of hydrogen-bond acceptors (Lipinski definition) is 4. The SMILES string of the molecule is CCN(CC)CCC[C@]1(O)c2ccccc2OCC[C@@H]1c1ccc(Cl)c(OC)c1. The van der Waals surface area contributed by atoms with E-state index in [1.54, 1.807) is 7.11 Å². The summed E-state index contributed by atoms with van der Waals surface area (Å²) in [5, 5.41) is 12.7. The molecule has 1 aliphatic rings. The lowest BCUT2D eigenvalue weighted by Gasteiger charge is -2.36. The Kier molecular flexibility index (Phi) is 7.44. The molecule has 0 aliphatic carbocycles. The Bertz CT molecular complexity index is 808. The number of fused-ring (bicyclic) bond motifs is 1. The van der Waals surface area contributed by atoms with Gasteiger partial charge in [0.1, 0.15) is 17.1 Å².